The summed E-state index contributed by atoms with van der Waals surface area (Å²) >= 11 is 0. The van der Waals surface area contributed by atoms with Crippen molar-refractivity contribution in [1.29, 1.82) is 0 Å². The van der Waals surface area contributed by atoms with E-state index in [2.05, 4.69) is 0 Å². The maximum Gasteiger partial charge on any atom is 0.331 e. The maximum atomic E-state index is 10.4. The second kappa shape index (κ2) is 7.96. The summed E-state index contributed by atoms with van der Waals surface area (Å²) in [6.07, 6.45) is 0. The molecule has 164 valence electrons. The third-order valence-corrected chi connectivity index (χ3v) is 6.47. The number of hydrogen-bond acceptors (Lipinski definition) is 5. The number of furan rings is 1. The van der Waals surface area contributed by atoms with Crippen molar-refractivity contribution >= 4 is 47.8 Å². The molecule has 3 aromatic rings. The van der Waals surface area contributed by atoms with Gasteiger partial charge in [-0.1, -0.05) is 29.7 Å². The second-order valence-electron chi connectivity index (χ2n) is 10.2. The molecule has 1 heterocycles. The van der Waals surface area contributed by atoms with Gasteiger partial charge in [-0.3, -0.25) is 0 Å². The SMILES string of the molecule is CC(C)(O)C(C)(C)O[B]c1ccc2oc3cccc([B]OC(C)(C)C(C)(C)O)c3c2c1. The summed E-state index contributed by atoms with van der Waals surface area (Å²) in [5.74, 6) is 0. The van der Waals surface area contributed by atoms with Crippen LogP contribution in [0.5, 0.6) is 0 Å². The normalized spacial score (nSPS) is 13.7. The van der Waals surface area contributed by atoms with E-state index in [1.54, 1.807) is 42.7 Å². The summed E-state index contributed by atoms with van der Waals surface area (Å²) in [6.45, 7) is 14.3. The Morgan fingerprint density at radius 2 is 1.32 bits per heavy atom. The number of rotatable bonds is 8. The van der Waals surface area contributed by atoms with Gasteiger partial charge in [0.2, 0.25) is 0 Å². The van der Waals surface area contributed by atoms with Crippen LogP contribution in [-0.2, 0) is 9.31 Å². The summed E-state index contributed by atoms with van der Waals surface area (Å²) in [6, 6.07) is 11.6. The van der Waals surface area contributed by atoms with Crippen molar-refractivity contribution in [2.45, 2.75) is 77.8 Å². The summed E-state index contributed by atoms with van der Waals surface area (Å²) in [4.78, 5) is 0. The minimum atomic E-state index is -1.01. The highest BCUT2D eigenvalue weighted by Gasteiger charge is 2.36. The van der Waals surface area contributed by atoms with Gasteiger partial charge in [0.1, 0.15) is 11.2 Å². The molecule has 0 amide bonds. The predicted octanol–water partition coefficient (Wildman–Crippen LogP) is 3.21. The Morgan fingerprint density at radius 3 is 1.90 bits per heavy atom. The Kier molecular flexibility index (Phi) is 6.13. The van der Waals surface area contributed by atoms with E-state index >= 15 is 0 Å². The van der Waals surface area contributed by atoms with Crippen molar-refractivity contribution < 1.29 is 23.9 Å². The van der Waals surface area contributed by atoms with Crippen molar-refractivity contribution in [3.63, 3.8) is 0 Å². The van der Waals surface area contributed by atoms with Gasteiger partial charge >= 0.3 is 15.0 Å². The van der Waals surface area contributed by atoms with Crippen molar-refractivity contribution in [2.75, 3.05) is 0 Å². The van der Waals surface area contributed by atoms with Crippen LogP contribution in [0.15, 0.2) is 40.8 Å². The Labute approximate surface area is 186 Å². The summed E-state index contributed by atoms with van der Waals surface area (Å²) < 4.78 is 17.9. The molecular weight excluding hydrogens is 390 g/mol. The van der Waals surface area contributed by atoms with Crippen LogP contribution in [-0.4, -0.2) is 47.6 Å². The topological polar surface area (TPSA) is 72.1 Å². The third kappa shape index (κ3) is 4.85. The molecule has 0 saturated heterocycles. The lowest BCUT2D eigenvalue weighted by molar-refractivity contribution is -0.0893. The molecule has 0 atom stereocenters. The quantitative estimate of drug-likeness (QED) is 0.546. The first-order valence-electron chi connectivity index (χ1n) is 10.5. The van der Waals surface area contributed by atoms with E-state index in [1.165, 1.54) is 0 Å². The first-order valence-corrected chi connectivity index (χ1v) is 10.5. The second-order valence-corrected chi connectivity index (χ2v) is 10.2. The van der Waals surface area contributed by atoms with Gasteiger partial charge < -0.3 is 23.9 Å². The molecule has 0 saturated carbocycles. The van der Waals surface area contributed by atoms with Crippen LogP contribution in [0.25, 0.3) is 21.9 Å². The smallest absolute Gasteiger partial charge is 0.331 e. The van der Waals surface area contributed by atoms with E-state index in [0.717, 1.165) is 32.9 Å². The average molecular weight is 422 g/mol. The molecule has 2 N–H and O–H groups in total. The van der Waals surface area contributed by atoms with Crippen LogP contribution in [0.3, 0.4) is 0 Å². The molecule has 0 aliphatic carbocycles. The van der Waals surface area contributed by atoms with E-state index in [1.807, 2.05) is 64.1 Å². The van der Waals surface area contributed by atoms with Crippen molar-refractivity contribution in [3.05, 3.63) is 36.4 Å². The number of aliphatic hydroxyl groups is 2. The van der Waals surface area contributed by atoms with E-state index in [4.69, 9.17) is 13.7 Å². The van der Waals surface area contributed by atoms with Gasteiger partial charge in [0, 0.05) is 10.8 Å². The van der Waals surface area contributed by atoms with E-state index in [-0.39, 0.29) is 0 Å². The predicted molar refractivity (Wildman–Crippen MR) is 127 cm³/mol. The minimum absolute atomic E-state index is 0.753. The molecule has 31 heavy (non-hydrogen) atoms. The summed E-state index contributed by atoms with van der Waals surface area (Å²) in [5, 5.41) is 22.6. The fourth-order valence-corrected chi connectivity index (χ4v) is 2.76. The van der Waals surface area contributed by atoms with Crippen LogP contribution < -0.4 is 10.9 Å². The van der Waals surface area contributed by atoms with Gasteiger partial charge in [-0.15, -0.1) is 0 Å². The highest BCUT2D eigenvalue weighted by Crippen LogP contribution is 2.29. The summed E-state index contributed by atoms with van der Waals surface area (Å²) in [5.41, 5.74) is -0.297. The van der Waals surface area contributed by atoms with Gasteiger partial charge in [-0.25, -0.2) is 0 Å². The molecule has 0 unspecified atom stereocenters. The first-order chi connectivity index (χ1) is 14.1. The molecule has 2 aromatic carbocycles. The molecule has 5 nitrogen and oxygen atoms in total. The molecular formula is C24H32B2O5. The molecule has 7 heteroatoms. The van der Waals surface area contributed by atoms with Gasteiger partial charge in [0.25, 0.3) is 0 Å². The average Bonchev–Trinajstić information content (AvgIpc) is 3.01. The Balaban J connectivity index is 1.94. The fourth-order valence-electron chi connectivity index (χ4n) is 2.76. The van der Waals surface area contributed by atoms with E-state index < -0.39 is 22.4 Å². The van der Waals surface area contributed by atoms with Crippen LogP contribution in [0.2, 0.25) is 0 Å². The lowest BCUT2D eigenvalue weighted by atomic mass is 9.79. The third-order valence-electron chi connectivity index (χ3n) is 6.47. The highest BCUT2D eigenvalue weighted by molar-refractivity contribution is 6.53. The zero-order valence-corrected chi connectivity index (χ0v) is 19.7. The minimum Gasteiger partial charge on any atom is -0.456 e. The molecule has 3 rings (SSSR count). The number of fused-ring (bicyclic) bond motifs is 3. The number of hydrogen-bond donors (Lipinski definition) is 2. The van der Waals surface area contributed by atoms with Crippen LogP contribution in [0, 0.1) is 0 Å². The van der Waals surface area contributed by atoms with Crippen molar-refractivity contribution in [2.24, 2.45) is 0 Å². The molecule has 0 bridgehead atoms. The monoisotopic (exact) mass is 422 g/mol. The van der Waals surface area contributed by atoms with Crippen LogP contribution >= 0.6 is 0 Å². The molecule has 2 radical (unpaired) electrons. The van der Waals surface area contributed by atoms with Crippen LogP contribution in [0.4, 0.5) is 0 Å². The van der Waals surface area contributed by atoms with Crippen LogP contribution in [0.1, 0.15) is 55.4 Å². The Morgan fingerprint density at radius 1 is 0.742 bits per heavy atom. The lowest BCUT2D eigenvalue weighted by Crippen LogP contribution is -2.49. The van der Waals surface area contributed by atoms with Gasteiger partial charge in [0.05, 0.1) is 22.4 Å². The Hall–Kier alpha value is -1.79. The van der Waals surface area contributed by atoms with Crippen molar-refractivity contribution in [1.82, 2.24) is 0 Å². The van der Waals surface area contributed by atoms with Gasteiger partial charge in [-0.2, -0.15) is 0 Å². The fraction of sp³-hybridized carbons (Fsp3) is 0.500. The van der Waals surface area contributed by atoms with E-state index in [0.29, 0.717) is 0 Å². The lowest BCUT2D eigenvalue weighted by Gasteiger charge is -2.37. The molecule has 1 aromatic heterocycles. The molecule has 0 aliphatic heterocycles. The Bertz CT molecular complexity index is 1070. The highest BCUT2D eigenvalue weighted by atomic mass is 16.5. The van der Waals surface area contributed by atoms with Gasteiger partial charge in [-0.05, 0) is 73.0 Å². The molecule has 0 spiro atoms. The molecule has 0 aliphatic rings. The zero-order valence-electron chi connectivity index (χ0n) is 19.7. The number of benzene rings is 2. The standard InChI is InChI=1S/C24H32B2O5/c1-21(2,27)23(5,6)30-25-15-12-13-18-16(14-15)20-17(10-9-11-19(20)29-18)26-31-24(7,8)22(3,4)28/h9-14,27-28H,1-8H3. The molecule has 0 fully saturated rings. The van der Waals surface area contributed by atoms with E-state index in [9.17, 15) is 10.2 Å². The summed E-state index contributed by atoms with van der Waals surface area (Å²) in [7, 11) is 3.34. The maximum absolute atomic E-state index is 10.4. The van der Waals surface area contributed by atoms with Crippen molar-refractivity contribution in [3.8, 4) is 0 Å². The largest absolute Gasteiger partial charge is 0.456 e. The first kappa shape index (κ1) is 23.9. The van der Waals surface area contributed by atoms with Gasteiger partial charge in [0.15, 0.2) is 0 Å². The zero-order chi connectivity index (χ0) is 23.2.